The van der Waals surface area contributed by atoms with Crippen LogP contribution in [0.2, 0.25) is 0 Å². The van der Waals surface area contributed by atoms with E-state index >= 15 is 0 Å². The summed E-state index contributed by atoms with van der Waals surface area (Å²) >= 11 is -1.08. The Labute approximate surface area is 170 Å². The number of anilines is 1. The maximum Gasteiger partial charge on any atom is 0.239 e. The minimum atomic E-state index is -1.08. The summed E-state index contributed by atoms with van der Waals surface area (Å²) in [5.41, 5.74) is 6.95. The summed E-state index contributed by atoms with van der Waals surface area (Å²) in [5.74, 6) is 0.106. The second-order valence-electron chi connectivity index (χ2n) is 8.14. The molecule has 2 fully saturated rings. The van der Waals surface area contributed by atoms with Crippen molar-refractivity contribution in [3.63, 3.8) is 0 Å². The van der Waals surface area contributed by atoms with Crippen LogP contribution in [0.3, 0.4) is 0 Å². The van der Waals surface area contributed by atoms with E-state index < -0.39 is 17.2 Å². The van der Waals surface area contributed by atoms with Crippen LogP contribution < -0.4 is 11.1 Å². The van der Waals surface area contributed by atoms with Crippen molar-refractivity contribution in [3.05, 3.63) is 24.3 Å². The standard InChI is InChI=1S/C21H31N3O3S/c1-24(17-6-4-7-17)21(26)19(22)14-9-11-15(12-10-14)20(25)23-16-5-3-8-18(13-16)28(2)27/h3,5,8,13-15,17,19H,4,6-7,9-12,22H2,1-2H3,(H,23,25)/t14?,15?,19-,28?/m0/s1. The molecule has 154 valence electrons. The Hall–Kier alpha value is -1.57. The molecule has 2 saturated carbocycles. The second kappa shape index (κ2) is 9.29. The third-order valence-corrected chi connectivity index (χ3v) is 7.26. The number of benzene rings is 1. The molecular weight excluding hydrogens is 374 g/mol. The van der Waals surface area contributed by atoms with Gasteiger partial charge in [0.25, 0.3) is 0 Å². The van der Waals surface area contributed by atoms with Crippen molar-refractivity contribution < 1.29 is 14.1 Å². The zero-order valence-electron chi connectivity index (χ0n) is 16.7. The van der Waals surface area contributed by atoms with Crippen LogP contribution in [0.15, 0.2) is 29.2 Å². The van der Waals surface area contributed by atoms with Crippen molar-refractivity contribution in [2.24, 2.45) is 17.6 Å². The van der Waals surface area contributed by atoms with Crippen molar-refractivity contribution >= 4 is 28.7 Å². The second-order valence-corrected chi connectivity index (χ2v) is 9.52. The van der Waals surface area contributed by atoms with E-state index in [2.05, 4.69) is 5.32 Å². The molecule has 0 saturated heterocycles. The molecule has 1 aromatic rings. The van der Waals surface area contributed by atoms with Gasteiger partial charge in [0.05, 0.1) is 6.04 Å². The van der Waals surface area contributed by atoms with E-state index in [4.69, 9.17) is 5.73 Å². The van der Waals surface area contributed by atoms with Gasteiger partial charge in [-0.3, -0.25) is 9.59 Å². The Morgan fingerprint density at radius 1 is 1.21 bits per heavy atom. The summed E-state index contributed by atoms with van der Waals surface area (Å²) in [4.78, 5) is 27.8. The average Bonchev–Trinajstić information content (AvgIpc) is 2.65. The number of carbonyl (C=O) groups is 2. The molecule has 0 aromatic heterocycles. The first-order chi connectivity index (χ1) is 13.4. The summed E-state index contributed by atoms with van der Waals surface area (Å²) in [7, 11) is 1.86. The van der Waals surface area contributed by atoms with E-state index in [1.54, 1.807) is 24.5 Å². The zero-order chi connectivity index (χ0) is 20.3. The molecule has 6 nitrogen and oxygen atoms in total. The highest BCUT2D eigenvalue weighted by Crippen LogP contribution is 2.33. The predicted molar refractivity (Wildman–Crippen MR) is 111 cm³/mol. The van der Waals surface area contributed by atoms with Crippen molar-refractivity contribution in [2.75, 3.05) is 18.6 Å². The molecule has 2 aliphatic carbocycles. The summed E-state index contributed by atoms with van der Waals surface area (Å²) in [6, 6.07) is 7.04. The molecule has 0 aliphatic heterocycles. The fraction of sp³-hybridized carbons (Fsp3) is 0.619. The molecule has 28 heavy (non-hydrogen) atoms. The Kier molecular flexibility index (Phi) is 7.01. The Morgan fingerprint density at radius 2 is 1.89 bits per heavy atom. The zero-order valence-corrected chi connectivity index (χ0v) is 17.5. The summed E-state index contributed by atoms with van der Waals surface area (Å²) in [6.07, 6.45) is 8.03. The number of rotatable bonds is 6. The molecule has 2 atom stereocenters. The van der Waals surface area contributed by atoms with Gasteiger partial charge in [0, 0.05) is 30.8 Å². The quantitative estimate of drug-likeness (QED) is 0.711. The van der Waals surface area contributed by atoms with Crippen LogP contribution in [-0.2, 0) is 20.8 Å². The Balaban J connectivity index is 1.49. The largest absolute Gasteiger partial charge is 0.612 e. The van der Waals surface area contributed by atoms with Crippen LogP contribution in [0.5, 0.6) is 0 Å². The van der Waals surface area contributed by atoms with Crippen LogP contribution in [-0.4, -0.2) is 46.7 Å². The normalized spacial score (nSPS) is 24.7. The lowest BCUT2D eigenvalue weighted by Crippen LogP contribution is -2.52. The average molecular weight is 406 g/mol. The summed E-state index contributed by atoms with van der Waals surface area (Å²) in [5, 5.41) is 2.94. The minimum Gasteiger partial charge on any atom is -0.612 e. The summed E-state index contributed by atoms with van der Waals surface area (Å²) in [6.45, 7) is 0. The maximum atomic E-state index is 12.6. The number of hydrogen-bond acceptors (Lipinski definition) is 4. The van der Waals surface area contributed by atoms with E-state index in [1.807, 2.05) is 18.0 Å². The lowest BCUT2D eigenvalue weighted by Gasteiger charge is -2.38. The minimum absolute atomic E-state index is 0.0102. The van der Waals surface area contributed by atoms with Crippen LogP contribution in [0.25, 0.3) is 0 Å². The molecule has 2 amide bonds. The lowest BCUT2D eigenvalue weighted by molar-refractivity contribution is -0.136. The molecule has 0 spiro atoms. The van der Waals surface area contributed by atoms with E-state index in [0.29, 0.717) is 16.6 Å². The molecule has 0 heterocycles. The topological polar surface area (TPSA) is 98.5 Å². The molecule has 2 aliphatic rings. The number of nitrogens with one attached hydrogen (secondary N) is 1. The first kappa shape index (κ1) is 21.1. The van der Waals surface area contributed by atoms with Gasteiger partial charge < -0.3 is 20.5 Å². The van der Waals surface area contributed by atoms with Gasteiger partial charge in [0.15, 0.2) is 4.90 Å². The third kappa shape index (κ3) is 4.88. The van der Waals surface area contributed by atoms with Gasteiger partial charge >= 0.3 is 0 Å². The molecule has 0 radical (unpaired) electrons. The molecule has 1 aromatic carbocycles. The van der Waals surface area contributed by atoms with Crippen molar-refractivity contribution in [1.29, 1.82) is 0 Å². The number of likely N-dealkylation sites (N-methyl/N-ethyl adjacent to an activating group) is 1. The highest BCUT2D eigenvalue weighted by Gasteiger charge is 2.35. The fourth-order valence-corrected chi connectivity index (χ4v) is 4.69. The number of amides is 2. The van der Waals surface area contributed by atoms with Gasteiger partial charge in [0.1, 0.15) is 6.26 Å². The Bertz CT molecular complexity index is 700. The van der Waals surface area contributed by atoms with Gasteiger partial charge in [-0.05, 0) is 74.2 Å². The van der Waals surface area contributed by atoms with E-state index in [0.717, 1.165) is 38.5 Å². The smallest absolute Gasteiger partial charge is 0.239 e. The lowest BCUT2D eigenvalue weighted by atomic mass is 9.77. The van der Waals surface area contributed by atoms with Gasteiger partial charge in [-0.2, -0.15) is 0 Å². The third-order valence-electron chi connectivity index (χ3n) is 6.34. The highest BCUT2D eigenvalue weighted by molar-refractivity contribution is 7.90. The first-order valence-electron chi connectivity index (χ1n) is 10.1. The van der Waals surface area contributed by atoms with Crippen molar-refractivity contribution in [1.82, 2.24) is 4.90 Å². The van der Waals surface area contributed by atoms with E-state index in [-0.39, 0.29) is 23.7 Å². The van der Waals surface area contributed by atoms with Crippen molar-refractivity contribution in [2.45, 2.75) is 61.9 Å². The molecule has 7 heteroatoms. The van der Waals surface area contributed by atoms with Gasteiger partial charge in [-0.1, -0.05) is 6.07 Å². The van der Waals surface area contributed by atoms with Crippen LogP contribution in [0, 0.1) is 11.8 Å². The number of carbonyl (C=O) groups excluding carboxylic acids is 2. The predicted octanol–water partition coefficient (Wildman–Crippen LogP) is 2.51. The molecular formula is C21H31N3O3S. The molecule has 0 bridgehead atoms. The highest BCUT2D eigenvalue weighted by atomic mass is 32.2. The van der Waals surface area contributed by atoms with E-state index in [9.17, 15) is 14.1 Å². The van der Waals surface area contributed by atoms with Crippen LogP contribution in [0.1, 0.15) is 44.9 Å². The number of nitrogens with two attached hydrogens (primary N) is 1. The molecule has 3 rings (SSSR count). The van der Waals surface area contributed by atoms with Crippen LogP contribution >= 0.6 is 0 Å². The number of hydrogen-bond donors (Lipinski definition) is 2. The van der Waals surface area contributed by atoms with E-state index in [1.165, 1.54) is 6.42 Å². The van der Waals surface area contributed by atoms with Crippen LogP contribution in [0.4, 0.5) is 5.69 Å². The van der Waals surface area contributed by atoms with Gasteiger partial charge in [-0.15, -0.1) is 0 Å². The van der Waals surface area contributed by atoms with Gasteiger partial charge in [0.2, 0.25) is 11.8 Å². The fourth-order valence-electron chi connectivity index (χ4n) is 4.13. The van der Waals surface area contributed by atoms with Gasteiger partial charge in [-0.25, -0.2) is 0 Å². The molecule has 3 N–H and O–H groups in total. The molecule has 1 unspecified atom stereocenters. The Morgan fingerprint density at radius 3 is 2.46 bits per heavy atom. The first-order valence-corrected chi connectivity index (χ1v) is 11.7. The maximum absolute atomic E-state index is 12.6. The summed E-state index contributed by atoms with van der Waals surface area (Å²) < 4.78 is 11.6. The van der Waals surface area contributed by atoms with Crippen molar-refractivity contribution in [3.8, 4) is 0 Å². The SMILES string of the molecule is CN(C(=O)[C@@H](N)C1CCC(C(=O)Nc2cccc([S+](C)[O-])c2)CC1)C1CCC1. The number of nitrogens with zero attached hydrogens (tertiary/aromatic N) is 1. The monoisotopic (exact) mass is 405 g/mol.